The summed E-state index contributed by atoms with van der Waals surface area (Å²) in [5.41, 5.74) is 0. The third kappa shape index (κ3) is 6.72. The van der Waals surface area contributed by atoms with Crippen molar-refractivity contribution >= 4 is 17.8 Å². The zero-order chi connectivity index (χ0) is 17.9. The number of furan rings is 1. The molecule has 1 atom stereocenters. The van der Waals surface area contributed by atoms with Gasteiger partial charge in [0.25, 0.3) is 0 Å². The molecule has 0 spiro atoms. The summed E-state index contributed by atoms with van der Waals surface area (Å²) in [5.74, 6) is 0.306. The van der Waals surface area contributed by atoms with Gasteiger partial charge >= 0.3 is 6.03 Å². The van der Waals surface area contributed by atoms with E-state index in [1.165, 1.54) is 6.26 Å². The molecule has 1 aromatic rings. The van der Waals surface area contributed by atoms with Gasteiger partial charge in [-0.25, -0.2) is 4.79 Å². The summed E-state index contributed by atoms with van der Waals surface area (Å²) in [4.78, 5) is 37.1. The van der Waals surface area contributed by atoms with Crippen LogP contribution < -0.4 is 16.0 Å². The van der Waals surface area contributed by atoms with E-state index in [1.54, 1.807) is 24.0 Å². The van der Waals surface area contributed by atoms with Crippen molar-refractivity contribution in [1.29, 1.82) is 0 Å². The van der Waals surface area contributed by atoms with Crippen LogP contribution in [0, 0.1) is 0 Å². The first-order valence-electron chi connectivity index (χ1n) is 8.10. The van der Waals surface area contributed by atoms with Gasteiger partial charge in [-0.3, -0.25) is 9.59 Å². The number of nitrogens with zero attached hydrogens (tertiary/aromatic N) is 1. The lowest BCUT2D eigenvalue weighted by Gasteiger charge is -2.19. The van der Waals surface area contributed by atoms with E-state index in [2.05, 4.69) is 16.0 Å². The van der Waals surface area contributed by atoms with Crippen LogP contribution in [-0.4, -0.2) is 48.4 Å². The summed E-state index contributed by atoms with van der Waals surface area (Å²) in [6.45, 7) is 7.18. The molecule has 1 rings (SSSR count). The molecule has 0 unspecified atom stereocenters. The zero-order valence-electron chi connectivity index (χ0n) is 14.4. The minimum atomic E-state index is -0.696. The van der Waals surface area contributed by atoms with Crippen molar-refractivity contribution in [3.05, 3.63) is 24.2 Å². The highest BCUT2D eigenvalue weighted by molar-refractivity contribution is 5.86. The van der Waals surface area contributed by atoms with Crippen LogP contribution in [0.1, 0.15) is 33.0 Å². The molecule has 0 bridgehead atoms. The fraction of sp³-hybridized carbons (Fsp3) is 0.562. The van der Waals surface area contributed by atoms with Crippen molar-refractivity contribution < 1.29 is 18.8 Å². The van der Waals surface area contributed by atoms with E-state index >= 15 is 0 Å². The SMILES string of the molecule is CCN(CC)C(=O)CCNC(=O)N[C@@H](C)C(=O)NCc1ccco1. The molecule has 0 aromatic carbocycles. The normalized spacial score (nSPS) is 11.5. The van der Waals surface area contributed by atoms with Gasteiger partial charge in [0.2, 0.25) is 11.8 Å². The predicted molar refractivity (Wildman–Crippen MR) is 89.1 cm³/mol. The maximum absolute atomic E-state index is 11.9. The van der Waals surface area contributed by atoms with Gasteiger partial charge in [-0.05, 0) is 32.9 Å². The summed E-state index contributed by atoms with van der Waals surface area (Å²) in [7, 11) is 0. The smallest absolute Gasteiger partial charge is 0.315 e. The molecule has 8 heteroatoms. The summed E-state index contributed by atoms with van der Waals surface area (Å²) in [5, 5.41) is 7.76. The van der Waals surface area contributed by atoms with Crippen LogP contribution >= 0.6 is 0 Å². The minimum Gasteiger partial charge on any atom is -0.467 e. The van der Waals surface area contributed by atoms with Gasteiger partial charge in [-0.1, -0.05) is 0 Å². The van der Waals surface area contributed by atoms with E-state index in [-0.39, 0.29) is 31.3 Å². The maximum atomic E-state index is 11.9. The standard InChI is InChI=1S/C16H26N4O4/c1-4-20(5-2)14(21)8-9-17-16(23)19-12(3)15(22)18-11-13-7-6-10-24-13/h6-7,10,12H,4-5,8-9,11H2,1-3H3,(H,18,22)(H2,17,19,23)/t12-/m0/s1. The molecule has 0 aliphatic rings. The van der Waals surface area contributed by atoms with Crippen molar-refractivity contribution in [1.82, 2.24) is 20.9 Å². The molecule has 134 valence electrons. The zero-order valence-corrected chi connectivity index (χ0v) is 14.4. The molecule has 1 aromatic heterocycles. The van der Waals surface area contributed by atoms with Crippen LogP contribution in [0.3, 0.4) is 0 Å². The third-order valence-corrected chi connectivity index (χ3v) is 3.50. The lowest BCUT2D eigenvalue weighted by Crippen LogP contribution is -2.48. The number of carbonyl (C=O) groups excluding carboxylic acids is 3. The number of nitrogens with one attached hydrogen (secondary N) is 3. The summed E-state index contributed by atoms with van der Waals surface area (Å²) >= 11 is 0. The Morgan fingerprint density at radius 1 is 1.21 bits per heavy atom. The Balaban J connectivity index is 2.23. The topological polar surface area (TPSA) is 104 Å². The van der Waals surface area contributed by atoms with Gasteiger partial charge in [0.1, 0.15) is 11.8 Å². The molecule has 0 aliphatic carbocycles. The first-order chi connectivity index (χ1) is 11.5. The van der Waals surface area contributed by atoms with Crippen molar-refractivity contribution in [3.63, 3.8) is 0 Å². The summed E-state index contributed by atoms with van der Waals surface area (Å²) in [6, 6.07) is 2.30. The summed E-state index contributed by atoms with van der Waals surface area (Å²) in [6.07, 6.45) is 1.75. The van der Waals surface area contributed by atoms with E-state index in [9.17, 15) is 14.4 Å². The molecule has 24 heavy (non-hydrogen) atoms. The fourth-order valence-corrected chi connectivity index (χ4v) is 2.07. The Bertz CT molecular complexity index is 526. The van der Waals surface area contributed by atoms with Crippen LogP contribution in [0.15, 0.2) is 22.8 Å². The van der Waals surface area contributed by atoms with Gasteiger partial charge < -0.3 is 25.3 Å². The van der Waals surface area contributed by atoms with Gasteiger partial charge in [0.05, 0.1) is 12.8 Å². The van der Waals surface area contributed by atoms with Crippen molar-refractivity contribution in [2.45, 2.75) is 39.8 Å². The van der Waals surface area contributed by atoms with E-state index in [0.717, 1.165) is 0 Å². The van der Waals surface area contributed by atoms with Gasteiger partial charge in [-0.15, -0.1) is 0 Å². The molecule has 0 radical (unpaired) electrons. The molecular formula is C16H26N4O4. The highest BCUT2D eigenvalue weighted by atomic mass is 16.3. The van der Waals surface area contributed by atoms with Crippen LogP contribution in [0.5, 0.6) is 0 Å². The molecule has 1 heterocycles. The van der Waals surface area contributed by atoms with Crippen LogP contribution in [0.4, 0.5) is 4.79 Å². The lowest BCUT2D eigenvalue weighted by molar-refractivity contribution is -0.130. The molecule has 8 nitrogen and oxygen atoms in total. The van der Waals surface area contributed by atoms with Crippen molar-refractivity contribution in [3.8, 4) is 0 Å². The Labute approximate surface area is 141 Å². The average molecular weight is 338 g/mol. The number of rotatable bonds is 9. The molecule has 0 saturated heterocycles. The third-order valence-electron chi connectivity index (χ3n) is 3.50. The van der Waals surface area contributed by atoms with Crippen molar-refractivity contribution in [2.75, 3.05) is 19.6 Å². The number of hydrogen-bond donors (Lipinski definition) is 3. The number of amides is 4. The summed E-state index contributed by atoms with van der Waals surface area (Å²) < 4.78 is 5.11. The minimum absolute atomic E-state index is 0.00969. The van der Waals surface area contributed by atoms with E-state index < -0.39 is 12.1 Å². The van der Waals surface area contributed by atoms with Gasteiger partial charge in [0.15, 0.2) is 0 Å². The quantitative estimate of drug-likeness (QED) is 0.621. The monoisotopic (exact) mass is 338 g/mol. The first kappa shape index (κ1) is 19.5. The molecule has 0 aliphatic heterocycles. The lowest BCUT2D eigenvalue weighted by atomic mass is 10.3. The second kappa shape index (κ2) is 10.3. The largest absolute Gasteiger partial charge is 0.467 e. The van der Waals surface area contributed by atoms with E-state index in [0.29, 0.717) is 18.8 Å². The number of urea groups is 1. The van der Waals surface area contributed by atoms with E-state index in [4.69, 9.17) is 4.42 Å². The molecule has 3 N–H and O–H groups in total. The highest BCUT2D eigenvalue weighted by Gasteiger charge is 2.16. The number of hydrogen-bond acceptors (Lipinski definition) is 4. The Morgan fingerprint density at radius 2 is 1.92 bits per heavy atom. The average Bonchev–Trinajstić information content (AvgIpc) is 3.07. The first-order valence-corrected chi connectivity index (χ1v) is 8.10. The van der Waals surface area contributed by atoms with Crippen LogP contribution in [0.2, 0.25) is 0 Å². The maximum Gasteiger partial charge on any atom is 0.315 e. The Morgan fingerprint density at radius 3 is 2.50 bits per heavy atom. The molecular weight excluding hydrogens is 312 g/mol. The molecule has 0 saturated carbocycles. The van der Waals surface area contributed by atoms with Gasteiger partial charge in [-0.2, -0.15) is 0 Å². The Hall–Kier alpha value is -2.51. The van der Waals surface area contributed by atoms with E-state index in [1.807, 2.05) is 13.8 Å². The van der Waals surface area contributed by atoms with Crippen molar-refractivity contribution in [2.24, 2.45) is 0 Å². The van der Waals surface area contributed by atoms with Gasteiger partial charge in [0, 0.05) is 26.1 Å². The second-order valence-corrected chi connectivity index (χ2v) is 5.24. The molecule has 4 amide bonds. The van der Waals surface area contributed by atoms with Crippen LogP contribution in [-0.2, 0) is 16.1 Å². The fourth-order valence-electron chi connectivity index (χ4n) is 2.07. The predicted octanol–water partition coefficient (Wildman–Crippen LogP) is 0.842. The molecule has 0 fully saturated rings. The second-order valence-electron chi connectivity index (χ2n) is 5.24. The number of carbonyl (C=O) groups is 3. The van der Waals surface area contributed by atoms with Crippen LogP contribution in [0.25, 0.3) is 0 Å². The highest BCUT2D eigenvalue weighted by Crippen LogP contribution is 1.98. The Kier molecular flexibility index (Phi) is 8.38.